The molecule has 1 saturated heterocycles. The number of carbonyl (C=O) groups is 1. The summed E-state index contributed by atoms with van der Waals surface area (Å²) in [6, 6.07) is 0. The monoisotopic (exact) mass is 115 g/mol. The summed E-state index contributed by atoms with van der Waals surface area (Å²) in [6.45, 7) is 0.761. The van der Waals surface area contributed by atoms with Gasteiger partial charge in [-0.05, 0) is 6.42 Å². The van der Waals surface area contributed by atoms with Gasteiger partial charge in [0.1, 0.15) is 6.10 Å². The van der Waals surface area contributed by atoms with Gasteiger partial charge in [0.25, 0.3) is 0 Å². The van der Waals surface area contributed by atoms with E-state index in [1.54, 1.807) is 7.11 Å². The van der Waals surface area contributed by atoms with Gasteiger partial charge < -0.3 is 10.1 Å². The number of methoxy groups -OCH3 is 1. The van der Waals surface area contributed by atoms with E-state index in [1.807, 2.05) is 0 Å². The molecule has 0 aromatic rings. The van der Waals surface area contributed by atoms with Crippen LogP contribution in [-0.2, 0) is 9.53 Å². The quantitative estimate of drug-likeness (QED) is 0.501. The summed E-state index contributed by atoms with van der Waals surface area (Å²) in [6.07, 6.45) is 0.630. The van der Waals surface area contributed by atoms with E-state index in [4.69, 9.17) is 4.74 Å². The molecule has 8 heavy (non-hydrogen) atoms. The molecule has 46 valence electrons. The number of hydrogen-bond donors (Lipinski definition) is 1. The Bertz CT molecular complexity index is 103. The number of nitrogens with one attached hydrogen (secondary N) is 1. The lowest BCUT2D eigenvalue weighted by atomic mass is 10.3. The standard InChI is InChI=1S/C5H9NO2/c1-8-4-2-3-6-5(4)7/h4H,2-3H2,1H3,(H,6,7). The van der Waals surface area contributed by atoms with Crippen molar-refractivity contribution in [2.45, 2.75) is 12.5 Å². The molecule has 3 heteroatoms. The molecule has 3 nitrogen and oxygen atoms in total. The molecule has 0 aromatic heterocycles. The van der Waals surface area contributed by atoms with Crippen molar-refractivity contribution in [2.75, 3.05) is 13.7 Å². The second-order valence-electron chi connectivity index (χ2n) is 1.80. The fourth-order valence-electron chi connectivity index (χ4n) is 0.796. The molecule has 1 rings (SSSR count). The molecule has 0 spiro atoms. The highest BCUT2D eigenvalue weighted by Crippen LogP contribution is 2.01. The van der Waals surface area contributed by atoms with Gasteiger partial charge in [-0.25, -0.2) is 0 Å². The SMILES string of the molecule is COC1CCNC1=O. The first-order valence-corrected chi connectivity index (χ1v) is 2.65. The fourth-order valence-corrected chi connectivity index (χ4v) is 0.796. The van der Waals surface area contributed by atoms with Crippen LogP contribution in [0.2, 0.25) is 0 Å². The maximum Gasteiger partial charge on any atom is 0.249 e. The normalized spacial score (nSPS) is 28.1. The van der Waals surface area contributed by atoms with Gasteiger partial charge in [0.05, 0.1) is 0 Å². The topological polar surface area (TPSA) is 38.3 Å². The Balaban J connectivity index is 2.42. The molecular weight excluding hydrogens is 106 g/mol. The predicted octanol–water partition coefficient (Wildman–Crippen LogP) is -0.479. The molecule has 1 aliphatic heterocycles. The van der Waals surface area contributed by atoms with E-state index in [2.05, 4.69) is 5.32 Å². The molecule has 1 N–H and O–H groups in total. The van der Waals surface area contributed by atoms with Crippen LogP contribution >= 0.6 is 0 Å². The van der Waals surface area contributed by atoms with Gasteiger partial charge in [-0.3, -0.25) is 4.79 Å². The fraction of sp³-hybridized carbons (Fsp3) is 0.800. The lowest BCUT2D eigenvalue weighted by Crippen LogP contribution is -2.23. The lowest BCUT2D eigenvalue weighted by molar-refractivity contribution is -0.127. The van der Waals surface area contributed by atoms with E-state index in [0.717, 1.165) is 13.0 Å². The Morgan fingerprint density at radius 2 is 2.62 bits per heavy atom. The van der Waals surface area contributed by atoms with E-state index < -0.39 is 0 Å². The number of carbonyl (C=O) groups excluding carboxylic acids is 1. The third kappa shape index (κ3) is 0.816. The molecule has 1 fully saturated rings. The van der Waals surface area contributed by atoms with Gasteiger partial charge in [-0.15, -0.1) is 0 Å². The van der Waals surface area contributed by atoms with Crippen LogP contribution in [0.3, 0.4) is 0 Å². The summed E-state index contributed by atoms with van der Waals surface area (Å²) in [5.41, 5.74) is 0. The average Bonchev–Trinajstić information content (AvgIpc) is 2.14. The van der Waals surface area contributed by atoms with Gasteiger partial charge in [0.15, 0.2) is 0 Å². The molecule has 1 heterocycles. The van der Waals surface area contributed by atoms with Crippen LogP contribution in [0.15, 0.2) is 0 Å². The number of rotatable bonds is 1. The van der Waals surface area contributed by atoms with Gasteiger partial charge >= 0.3 is 0 Å². The summed E-state index contributed by atoms with van der Waals surface area (Å²) in [5.74, 6) is 0.0208. The maximum atomic E-state index is 10.6. The smallest absolute Gasteiger partial charge is 0.249 e. The Morgan fingerprint density at radius 1 is 1.88 bits per heavy atom. The van der Waals surface area contributed by atoms with Crippen LogP contribution in [0.5, 0.6) is 0 Å². The third-order valence-corrected chi connectivity index (χ3v) is 1.28. The molecule has 0 radical (unpaired) electrons. The second kappa shape index (κ2) is 2.13. The van der Waals surface area contributed by atoms with Crippen molar-refractivity contribution in [3.63, 3.8) is 0 Å². The van der Waals surface area contributed by atoms with Crippen LogP contribution in [0.25, 0.3) is 0 Å². The Kier molecular flexibility index (Phi) is 1.48. The van der Waals surface area contributed by atoms with Gasteiger partial charge in [-0.1, -0.05) is 0 Å². The van der Waals surface area contributed by atoms with E-state index in [0.29, 0.717) is 0 Å². The first-order chi connectivity index (χ1) is 3.84. The van der Waals surface area contributed by atoms with Crippen LogP contribution < -0.4 is 5.32 Å². The first-order valence-electron chi connectivity index (χ1n) is 2.65. The molecule has 1 amide bonds. The van der Waals surface area contributed by atoms with E-state index in [1.165, 1.54) is 0 Å². The molecule has 1 aliphatic rings. The average molecular weight is 115 g/mol. The van der Waals surface area contributed by atoms with Crippen molar-refractivity contribution >= 4 is 5.91 Å². The zero-order valence-electron chi connectivity index (χ0n) is 4.81. The number of amides is 1. The number of ether oxygens (including phenoxy) is 1. The minimum atomic E-state index is -0.185. The minimum Gasteiger partial charge on any atom is -0.372 e. The molecule has 0 aromatic carbocycles. The number of hydrogen-bond acceptors (Lipinski definition) is 2. The summed E-state index contributed by atoms with van der Waals surface area (Å²) in [7, 11) is 1.55. The Morgan fingerprint density at radius 3 is 2.88 bits per heavy atom. The zero-order valence-corrected chi connectivity index (χ0v) is 4.81. The van der Waals surface area contributed by atoms with E-state index >= 15 is 0 Å². The van der Waals surface area contributed by atoms with Crippen molar-refractivity contribution in [3.05, 3.63) is 0 Å². The van der Waals surface area contributed by atoms with Crippen LogP contribution in [0.1, 0.15) is 6.42 Å². The van der Waals surface area contributed by atoms with Crippen LogP contribution in [-0.4, -0.2) is 25.7 Å². The summed E-state index contributed by atoms with van der Waals surface area (Å²) in [4.78, 5) is 10.6. The van der Waals surface area contributed by atoms with Crippen molar-refractivity contribution in [1.29, 1.82) is 0 Å². The molecule has 0 aliphatic carbocycles. The summed E-state index contributed by atoms with van der Waals surface area (Å²) < 4.78 is 4.81. The largest absolute Gasteiger partial charge is 0.372 e. The third-order valence-electron chi connectivity index (χ3n) is 1.28. The Labute approximate surface area is 48.0 Å². The van der Waals surface area contributed by atoms with E-state index in [-0.39, 0.29) is 12.0 Å². The molecule has 0 bridgehead atoms. The van der Waals surface area contributed by atoms with Gasteiger partial charge in [0, 0.05) is 13.7 Å². The van der Waals surface area contributed by atoms with Crippen molar-refractivity contribution in [2.24, 2.45) is 0 Å². The van der Waals surface area contributed by atoms with Gasteiger partial charge in [0.2, 0.25) is 5.91 Å². The van der Waals surface area contributed by atoms with Gasteiger partial charge in [-0.2, -0.15) is 0 Å². The predicted molar refractivity (Wildman–Crippen MR) is 28.4 cm³/mol. The Hall–Kier alpha value is -0.570. The second-order valence-corrected chi connectivity index (χ2v) is 1.80. The molecule has 0 saturated carbocycles. The summed E-state index contributed by atoms with van der Waals surface area (Å²) >= 11 is 0. The van der Waals surface area contributed by atoms with Crippen LogP contribution in [0, 0.1) is 0 Å². The van der Waals surface area contributed by atoms with Crippen molar-refractivity contribution < 1.29 is 9.53 Å². The highest BCUT2D eigenvalue weighted by molar-refractivity contribution is 5.82. The minimum absolute atomic E-state index is 0.0208. The highest BCUT2D eigenvalue weighted by atomic mass is 16.5. The first kappa shape index (κ1) is 5.56. The zero-order chi connectivity index (χ0) is 5.98. The molecular formula is C5H9NO2. The summed E-state index contributed by atoms with van der Waals surface area (Å²) in [5, 5.41) is 2.66. The van der Waals surface area contributed by atoms with Crippen LogP contribution in [0.4, 0.5) is 0 Å². The maximum absolute atomic E-state index is 10.6. The highest BCUT2D eigenvalue weighted by Gasteiger charge is 2.22. The molecule has 1 atom stereocenters. The van der Waals surface area contributed by atoms with E-state index in [9.17, 15) is 4.79 Å². The van der Waals surface area contributed by atoms with Crippen molar-refractivity contribution in [1.82, 2.24) is 5.32 Å². The molecule has 1 unspecified atom stereocenters. The van der Waals surface area contributed by atoms with Crippen molar-refractivity contribution in [3.8, 4) is 0 Å². The lowest BCUT2D eigenvalue weighted by Gasteiger charge is -1.99.